The Hall–Kier alpha value is -1.39. The third kappa shape index (κ3) is 1.70. The second-order valence-electron chi connectivity index (χ2n) is 5.38. The normalized spacial score (nSPS) is 33.4. The number of benzene rings is 1. The minimum atomic E-state index is -1.37. The molecule has 1 aromatic carbocycles. The van der Waals surface area contributed by atoms with Gasteiger partial charge in [0.15, 0.2) is 0 Å². The summed E-state index contributed by atoms with van der Waals surface area (Å²) >= 11 is 0. The van der Waals surface area contributed by atoms with Crippen LogP contribution in [-0.4, -0.2) is 23.0 Å². The smallest absolute Gasteiger partial charge is 0.348 e. The van der Waals surface area contributed by atoms with Gasteiger partial charge in [0.2, 0.25) is 11.9 Å². The summed E-state index contributed by atoms with van der Waals surface area (Å²) in [5.74, 6) is -0.476. The van der Waals surface area contributed by atoms with Crippen LogP contribution in [0, 0.1) is 0 Å². The summed E-state index contributed by atoms with van der Waals surface area (Å²) < 4.78 is 11.0. The van der Waals surface area contributed by atoms with E-state index in [0.29, 0.717) is 18.4 Å². The lowest BCUT2D eigenvalue weighted by Gasteiger charge is -2.38. The van der Waals surface area contributed by atoms with Crippen LogP contribution in [-0.2, 0) is 19.9 Å². The molecule has 1 aliphatic carbocycles. The fraction of sp³-hybridized carbons (Fsp3) is 0.533. The van der Waals surface area contributed by atoms with Gasteiger partial charge in [0.05, 0.1) is 0 Å². The van der Waals surface area contributed by atoms with Gasteiger partial charge in [0.1, 0.15) is 5.60 Å². The number of cyclic esters (lactones) is 1. The van der Waals surface area contributed by atoms with Gasteiger partial charge in [-0.25, -0.2) is 4.79 Å². The van der Waals surface area contributed by atoms with E-state index in [1.165, 1.54) is 0 Å². The molecule has 4 heteroatoms. The molecule has 1 aliphatic heterocycles. The number of rotatable bonds is 2. The number of esters is 1. The van der Waals surface area contributed by atoms with Crippen LogP contribution in [0.1, 0.15) is 38.2 Å². The molecular weight excluding hydrogens is 244 g/mol. The highest BCUT2D eigenvalue weighted by Crippen LogP contribution is 2.50. The van der Waals surface area contributed by atoms with Crippen molar-refractivity contribution in [3.05, 3.63) is 35.9 Å². The molecule has 2 unspecified atom stereocenters. The molecule has 0 bridgehead atoms. The van der Waals surface area contributed by atoms with Crippen LogP contribution in [0.3, 0.4) is 0 Å². The van der Waals surface area contributed by atoms with E-state index in [0.717, 1.165) is 12.8 Å². The van der Waals surface area contributed by atoms with Crippen molar-refractivity contribution in [3.8, 4) is 0 Å². The predicted molar refractivity (Wildman–Crippen MR) is 68.2 cm³/mol. The third-order valence-corrected chi connectivity index (χ3v) is 4.17. The Morgan fingerprint density at radius 1 is 1.21 bits per heavy atom. The zero-order valence-electron chi connectivity index (χ0n) is 11.0. The molecule has 19 heavy (non-hydrogen) atoms. The first-order valence-corrected chi connectivity index (χ1v) is 6.75. The van der Waals surface area contributed by atoms with Crippen LogP contribution >= 0.6 is 0 Å². The number of ether oxygens (including phenoxy) is 2. The van der Waals surface area contributed by atoms with E-state index < -0.39 is 23.5 Å². The molecule has 3 rings (SSSR count). The van der Waals surface area contributed by atoms with Crippen LogP contribution in [0.15, 0.2) is 30.3 Å². The van der Waals surface area contributed by atoms with E-state index in [1.807, 2.05) is 30.3 Å². The van der Waals surface area contributed by atoms with Gasteiger partial charge in [0, 0.05) is 0 Å². The summed E-state index contributed by atoms with van der Waals surface area (Å²) in [6.07, 6.45) is 2.29. The zero-order valence-corrected chi connectivity index (χ0v) is 11.0. The summed E-state index contributed by atoms with van der Waals surface area (Å²) in [5.41, 5.74) is -1.87. The van der Waals surface area contributed by atoms with Crippen LogP contribution in [0.25, 0.3) is 0 Å². The first-order chi connectivity index (χ1) is 9.08. The minimum absolute atomic E-state index is 0.476. The Kier molecular flexibility index (Phi) is 2.87. The zero-order chi connectivity index (χ0) is 13.5. The maximum absolute atomic E-state index is 12.4. The summed E-state index contributed by atoms with van der Waals surface area (Å²) in [6, 6.07) is 9.19. The van der Waals surface area contributed by atoms with Crippen LogP contribution < -0.4 is 0 Å². The predicted octanol–water partition coefficient (Wildman–Crippen LogP) is 2.11. The van der Waals surface area contributed by atoms with Gasteiger partial charge in [-0.05, 0) is 25.3 Å². The molecule has 1 saturated carbocycles. The van der Waals surface area contributed by atoms with E-state index in [1.54, 1.807) is 6.92 Å². The molecule has 1 heterocycles. The Labute approximate surface area is 112 Å². The van der Waals surface area contributed by atoms with Crippen molar-refractivity contribution in [1.82, 2.24) is 0 Å². The molecule has 0 radical (unpaired) electrons. The highest BCUT2D eigenvalue weighted by atomic mass is 16.8. The number of hydrogen-bond acceptors (Lipinski definition) is 4. The standard InChI is InChI=1S/C15H18O4/c1-11-18-13(16)15(19-11,12-7-3-2-4-8-12)14(17)9-5-6-10-14/h2-4,7-8,11,17H,5-6,9-10H2,1H3. The van der Waals surface area contributed by atoms with Crippen LogP contribution in [0.4, 0.5) is 0 Å². The molecule has 1 saturated heterocycles. The SMILES string of the molecule is CC1OC(=O)C(c2ccccc2)(C2(O)CCCC2)O1. The molecule has 0 spiro atoms. The summed E-state index contributed by atoms with van der Waals surface area (Å²) in [5, 5.41) is 11.0. The molecule has 102 valence electrons. The molecule has 2 fully saturated rings. The van der Waals surface area contributed by atoms with Crippen LogP contribution in [0.5, 0.6) is 0 Å². The molecule has 0 amide bonds. The summed E-state index contributed by atoms with van der Waals surface area (Å²) in [6.45, 7) is 1.68. The Morgan fingerprint density at radius 3 is 2.37 bits per heavy atom. The van der Waals surface area contributed by atoms with Crippen molar-refractivity contribution in [1.29, 1.82) is 0 Å². The van der Waals surface area contributed by atoms with E-state index in [-0.39, 0.29) is 0 Å². The van der Waals surface area contributed by atoms with Gasteiger partial charge >= 0.3 is 5.97 Å². The summed E-state index contributed by atoms with van der Waals surface area (Å²) in [7, 11) is 0. The van der Waals surface area contributed by atoms with E-state index in [9.17, 15) is 9.90 Å². The van der Waals surface area contributed by atoms with Crippen molar-refractivity contribution in [3.63, 3.8) is 0 Å². The van der Waals surface area contributed by atoms with Gasteiger partial charge in [-0.1, -0.05) is 43.2 Å². The first-order valence-electron chi connectivity index (χ1n) is 6.75. The molecule has 2 atom stereocenters. The van der Waals surface area contributed by atoms with E-state index >= 15 is 0 Å². The Balaban J connectivity index is 2.14. The number of carbonyl (C=O) groups excluding carboxylic acids is 1. The van der Waals surface area contributed by atoms with E-state index in [2.05, 4.69) is 0 Å². The van der Waals surface area contributed by atoms with Gasteiger partial charge in [-0.3, -0.25) is 0 Å². The maximum atomic E-state index is 12.4. The van der Waals surface area contributed by atoms with E-state index in [4.69, 9.17) is 9.47 Å². The van der Waals surface area contributed by atoms with Gasteiger partial charge in [-0.2, -0.15) is 0 Å². The molecule has 1 N–H and O–H groups in total. The van der Waals surface area contributed by atoms with Crippen molar-refractivity contribution < 1.29 is 19.4 Å². The quantitative estimate of drug-likeness (QED) is 0.829. The number of hydrogen-bond donors (Lipinski definition) is 1. The fourth-order valence-electron chi connectivity index (χ4n) is 3.29. The second-order valence-corrected chi connectivity index (χ2v) is 5.38. The first kappa shape index (κ1) is 12.6. The lowest BCUT2D eigenvalue weighted by molar-refractivity contribution is -0.185. The van der Waals surface area contributed by atoms with Gasteiger partial charge in [-0.15, -0.1) is 0 Å². The highest BCUT2D eigenvalue weighted by Gasteiger charge is 2.64. The lowest BCUT2D eigenvalue weighted by Crippen LogP contribution is -2.54. The Morgan fingerprint density at radius 2 is 1.84 bits per heavy atom. The minimum Gasteiger partial charge on any atom is -0.434 e. The average molecular weight is 262 g/mol. The van der Waals surface area contributed by atoms with Crippen molar-refractivity contribution in [2.45, 2.75) is 50.1 Å². The van der Waals surface area contributed by atoms with Crippen molar-refractivity contribution >= 4 is 5.97 Å². The van der Waals surface area contributed by atoms with Crippen molar-refractivity contribution in [2.24, 2.45) is 0 Å². The average Bonchev–Trinajstić information content (AvgIpc) is 2.96. The largest absolute Gasteiger partial charge is 0.434 e. The molecule has 4 nitrogen and oxygen atoms in total. The second kappa shape index (κ2) is 4.32. The lowest BCUT2D eigenvalue weighted by atomic mass is 9.76. The number of carbonyl (C=O) groups is 1. The third-order valence-electron chi connectivity index (χ3n) is 4.17. The highest BCUT2D eigenvalue weighted by molar-refractivity contribution is 5.84. The van der Waals surface area contributed by atoms with Crippen molar-refractivity contribution in [2.75, 3.05) is 0 Å². The maximum Gasteiger partial charge on any atom is 0.348 e. The summed E-state index contributed by atoms with van der Waals surface area (Å²) in [4.78, 5) is 12.4. The molecule has 0 aromatic heterocycles. The fourth-order valence-corrected chi connectivity index (χ4v) is 3.29. The topological polar surface area (TPSA) is 55.8 Å². The number of aliphatic hydroxyl groups is 1. The van der Waals surface area contributed by atoms with Gasteiger partial charge in [0.25, 0.3) is 0 Å². The van der Waals surface area contributed by atoms with Gasteiger partial charge < -0.3 is 14.6 Å². The monoisotopic (exact) mass is 262 g/mol. The Bertz CT molecular complexity index is 478. The molecular formula is C15H18O4. The molecule has 2 aliphatic rings. The van der Waals surface area contributed by atoms with Crippen LogP contribution in [0.2, 0.25) is 0 Å². The molecule has 1 aromatic rings.